The Bertz CT molecular complexity index is 993. The Balaban J connectivity index is 4.28. The molecule has 0 fully saturated rings. The molecule has 0 aliphatic rings. The second kappa shape index (κ2) is 24.8. The smallest absolute Gasteiger partial charge is 0.306 e. The molecule has 0 aromatic rings. The number of quaternary nitrogens is 1. The lowest BCUT2D eigenvalue weighted by Gasteiger charge is -2.28. The number of allylic oxidation sites excluding steroid dienone is 10. The lowest BCUT2D eigenvalue weighted by Crippen LogP contribution is -2.37. The van der Waals surface area contributed by atoms with Crippen LogP contribution in [0.3, 0.4) is 0 Å². The van der Waals surface area contributed by atoms with Gasteiger partial charge in [-0.05, 0) is 38.5 Å². The highest BCUT2D eigenvalue weighted by atomic mass is 31.2. The van der Waals surface area contributed by atoms with E-state index in [1.165, 1.54) is 6.92 Å². The molecule has 244 valence electrons. The average Bonchev–Trinajstić information content (AvgIpc) is 2.91. The summed E-state index contributed by atoms with van der Waals surface area (Å²) >= 11 is 0. The van der Waals surface area contributed by atoms with Crippen molar-refractivity contribution in [3.63, 3.8) is 0 Å². The minimum atomic E-state index is -4.61. The summed E-state index contributed by atoms with van der Waals surface area (Å²) in [6, 6.07) is 0. The first-order valence-electron chi connectivity index (χ1n) is 14.7. The highest BCUT2D eigenvalue weighted by molar-refractivity contribution is 7.45. The summed E-state index contributed by atoms with van der Waals surface area (Å²) in [6.45, 7) is 2.80. The van der Waals surface area contributed by atoms with Gasteiger partial charge in [0, 0.05) is 13.3 Å². The zero-order valence-corrected chi connectivity index (χ0v) is 27.4. The molecule has 2 unspecified atom stereocenters. The summed E-state index contributed by atoms with van der Waals surface area (Å²) in [5.74, 6) is -1.16. The second-order valence-corrected chi connectivity index (χ2v) is 12.1. The number of phosphoric ester groups is 1. The van der Waals surface area contributed by atoms with Crippen molar-refractivity contribution in [3.05, 3.63) is 72.9 Å². The lowest BCUT2D eigenvalue weighted by molar-refractivity contribution is -0.870. The molecule has 10 nitrogen and oxygen atoms in total. The normalized spacial score (nSPS) is 15.8. The summed E-state index contributed by atoms with van der Waals surface area (Å²) in [4.78, 5) is 35.4. The van der Waals surface area contributed by atoms with Gasteiger partial charge >= 0.3 is 11.9 Å². The third kappa shape index (κ3) is 29.3. The van der Waals surface area contributed by atoms with Crippen molar-refractivity contribution in [2.24, 2.45) is 0 Å². The predicted molar refractivity (Wildman–Crippen MR) is 168 cm³/mol. The number of phosphoric acid groups is 1. The predicted octanol–water partition coefficient (Wildman–Crippen LogP) is 5.12. The monoisotopic (exact) mass is 625 g/mol. The number of carbonyl (C=O) groups excluding carboxylic acids is 2. The molecule has 0 rings (SSSR count). The Labute approximate surface area is 258 Å². The van der Waals surface area contributed by atoms with Gasteiger partial charge < -0.3 is 33.0 Å². The van der Waals surface area contributed by atoms with Crippen LogP contribution < -0.4 is 4.89 Å². The molecule has 0 aromatic heterocycles. The topological polar surface area (TPSA) is 131 Å². The van der Waals surface area contributed by atoms with E-state index in [2.05, 4.69) is 25.2 Å². The number of rotatable bonds is 24. The third-order valence-electron chi connectivity index (χ3n) is 5.39. The van der Waals surface area contributed by atoms with E-state index < -0.39 is 38.6 Å². The van der Waals surface area contributed by atoms with Crippen LogP contribution in [0.15, 0.2) is 72.9 Å². The summed E-state index contributed by atoms with van der Waals surface area (Å²) in [7, 11) is 1.07. The summed E-state index contributed by atoms with van der Waals surface area (Å²) in [6.07, 6.45) is 26.6. The van der Waals surface area contributed by atoms with Crippen LogP contribution in [-0.4, -0.2) is 81.2 Å². The van der Waals surface area contributed by atoms with Crippen LogP contribution in [0.25, 0.3) is 0 Å². The number of hydrogen-bond acceptors (Lipinski definition) is 9. The van der Waals surface area contributed by atoms with Gasteiger partial charge in [0.15, 0.2) is 6.10 Å². The third-order valence-corrected chi connectivity index (χ3v) is 6.36. The SMILES string of the molecule is CC/C=C\CC(O)/C=C/C=C/C/C=C\C/C=C\C/C=C\CCC(=O)O[C@H](COC(C)=O)COP(=O)([O-])OCC[N+](C)(C)C. The Morgan fingerprint density at radius 3 is 2.12 bits per heavy atom. The van der Waals surface area contributed by atoms with Crippen molar-refractivity contribution in [1.29, 1.82) is 0 Å². The number of aliphatic hydroxyl groups excluding tert-OH is 1. The fourth-order valence-corrected chi connectivity index (χ4v) is 3.80. The largest absolute Gasteiger partial charge is 0.756 e. The Morgan fingerprint density at radius 2 is 1.51 bits per heavy atom. The van der Waals surface area contributed by atoms with Gasteiger partial charge in [0.2, 0.25) is 0 Å². The van der Waals surface area contributed by atoms with Crippen molar-refractivity contribution in [3.8, 4) is 0 Å². The van der Waals surface area contributed by atoms with Gasteiger partial charge in [-0.1, -0.05) is 79.8 Å². The molecule has 11 heteroatoms. The van der Waals surface area contributed by atoms with Crippen molar-refractivity contribution >= 4 is 19.8 Å². The van der Waals surface area contributed by atoms with E-state index in [0.717, 1.165) is 25.7 Å². The van der Waals surface area contributed by atoms with E-state index in [9.17, 15) is 24.2 Å². The number of likely N-dealkylation sites (N-methyl/N-ethyl adjacent to an activating group) is 1. The van der Waals surface area contributed by atoms with Gasteiger partial charge in [-0.15, -0.1) is 0 Å². The van der Waals surface area contributed by atoms with Gasteiger partial charge in [0.1, 0.15) is 19.8 Å². The molecule has 0 aliphatic heterocycles. The molecule has 0 bridgehead atoms. The van der Waals surface area contributed by atoms with Crippen LogP contribution in [-0.2, 0) is 32.7 Å². The van der Waals surface area contributed by atoms with Crippen molar-refractivity contribution in [1.82, 2.24) is 0 Å². The van der Waals surface area contributed by atoms with Crippen molar-refractivity contribution < 1.29 is 47.2 Å². The van der Waals surface area contributed by atoms with E-state index in [0.29, 0.717) is 23.9 Å². The molecule has 0 radical (unpaired) electrons. The van der Waals surface area contributed by atoms with E-state index in [4.69, 9.17) is 18.5 Å². The highest BCUT2D eigenvalue weighted by Crippen LogP contribution is 2.38. The molecule has 43 heavy (non-hydrogen) atoms. The zero-order valence-electron chi connectivity index (χ0n) is 26.5. The van der Waals surface area contributed by atoms with Crippen LogP contribution >= 0.6 is 7.82 Å². The number of esters is 2. The maximum atomic E-state index is 12.2. The fourth-order valence-electron chi connectivity index (χ4n) is 3.08. The first-order chi connectivity index (χ1) is 20.3. The Hall–Kier alpha value is -2.59. The maximum Gasteiger partial charge on any atom is 0.306 e. The second-order valence-electron chi connectivity index (χ2n) is 10.7. The van der Waals surface area contributed by atoms with Crippen LogP contribution in [0.5, 0.6) is 0 Å². The number of hydrogen-bond donors (Lipinski definition) is 1. The van der Waals surface area contributed by atoms with Crippen LogP contribution in [0.1, 0.15) is 58.8 Å². The molecule has 0 saturated carbocycles. The van der Waals surface area contributed by atoms with Crippen LogP contribution in [0.4, 0.5) is 0 Å². The molecule has 0 aliphatic carbocycles. The molecule has 0 aromatic carbocycles. The number of nitrogens with zero attached hydrogens (tertiary/aromatic N) is 1. The zero-order chi connectivity index (χ0) is 32.4. The van der Waals surface area contributed by atoms with Crippen LogP contribution in [0, 0.1) is 0 Å². The minimum Gasteiger partial charge on any atom is -0.756 e. The maximum absolute atomic E-state index is 12.2. The summed E-state index contributed by atoms with van der Waals surface area (Å²) in [5, 5.41) is 9.78. The van der Waals surface area contributed by atoms with E-state index in [-0.39, 0.29) is 19.6 Å². The molecule has 0 amide bonds. The molecule has 0 heterocycles. The first kappa shape index (κ1) is 40.4. The van der Waals surface area contributed by atoms with Crippen molar-refractivity contribution in [2.45, 2.75) is 71.0 Å². The van der Waals surface area contributed by atoms with Crippen LogP contribution in [0.2, 0.25) is 0 Å². The highest BCUT2D eigenvalue weighted by Gasteiger charge is 2.21. The summed E-state index contributed by atoms with van der Waals surface area (Å²) in [5.41, 5.74) is 0. The van der Waals surface area contributed by atoms with E-state index in [1.807, 2.05) is 69.8 Å². The van der Waals surface area contributed by atoms with Gasteiger partial charge in [-0.3, -0.25) is 14.2 Å². The quantitative estimate of drug-likeness (QED) is 0.0511. The van der Waals surface area contributed by atoms with Gasteiger partial charge in [-0.25, -0.2) is 0 Å². The average molecular weight is 626 g/mol. The van der Waals surface area contributed by atoms with Gasteiger partial charge in [0.05, 0.1) is 33.9 Å². The lowest BCUT2D eigenvalue weighted by atomic mass is 10.2. The Kier molecular flexibility index (Phi) is 23.3. The molecule has 3 atom stereocenters. The first-order valence-corrected chi connectivity index (χ1v) is 16.2. The molecule has 0 spiro atoms. The molecule has 0 saturated heterocycles. The van der Waals surface area contributed by atoms with Crippen molar-refractivity contribution in [2.75, 3.05) is 47.5 Å². The Morgan fingerprint density at radius 1 is 0.884 bits per heavy atom. The standard InChI is InChI=1S/C32H52NO9P/c1-6-7-19-22-30(35)23-20-17-15-13-11-9-8-10-12-14-16-18-21-24-32(36)42-31(27-39-29(2)34)28-41-43(37,38)40-26-25-33(3,4)5/h7,9-12,15-20,23,30-31,35H,6,8,13-14,21-22,24-28H2,1-5H3/b11-9-,12-10-,17-15+,18-16-,19-7-,23-20+/t30?,31-/m1/s1. The van der Waals surface area contributed by atoms with Gasteiger partial charge in [0.25, 0.3) is 7.82 Å². The van der Waals surface area contributed by atoms with E-state index >= 15 is 0 Å². The summed E-state index contributed by atoms with van der Waals surface area (Å²) < 4.78 is 32.3. The number of aliphatic hydroxyl groups is 1. The molecular weight excluding hydrogens is 573 g/mol. The fraction of sp³-hybridized carbons (Fsp3) is 0.562. The molecular formula is C32H52NO9P. The number of carbonyl (C=O) groups is 2. The number of ether oxygens (including phenoxy) is 2. The minimum absolute atomic E-state index is 0.0580. The van der Waals surface area contributed by atoms with E-state index in [1.54, 1.807) is 6.08 Å². The molecule has 1 N–H and O–H groups in total. The van der Waals surface area contributed by atoms with Gasteiger partial charge in [-0.2, -0.15) is 0 Å².